The maximum Gasteiger partial charge on any atom is 0.274 e. The van der Waals surface area contributed by atoms with Gasteiger partial charge in [0.1, 0.15) is 17.2 Å². The molecular formula is C17H16N4O3. The van der Waals surface area contributed by atoms with Crippen molar-refractivity contribution in [3.05, 3.63) is 60.1 Å². The minimum Gasteiger partial charge on any atom is -0.495 e. The summed E-state index contributed by atoms with van der Waals surface area (Å²) >= 11 is 0. The molecule has 1 amide bonds. The second-order valence-corrected chi connectivity index (χ2v) is 5.03. The van der Waals surface area contributed by atoms with Crippen LogP contribution in [0.15, 0.2) is 53.2 Å². The largest absolute Gasteiger partial charge is 0.495 e. The summed E-state index contributed by atoms with van der Waals surface area (Å²) in [7, 11) is 1.55. The van der Waals surface area contributed by atoms with E-state index in [1.807, 2.05) is 19.1 Å². The van der Waals surface area contributed by atoms with Crippen LogP contribution in [0.4, 0.5) is 17.2 Å². The molecule has 7 heteroatoms. The highest BCUT2D eigenvalue weighted by Crippen LogP contribution is 2.23. The molecule has 0 unspecified atom stereocenters. The molecule has 122 valence electrons. The number of nitrogens with one attached hydrogen (secondary N) is 2. The highest BCUT2D eigenvalue weighted by molar-refractivity contribution is 6.03. The summed E-state index contributed by atoms with van der Waals surface area (Å²) in [6.07, 6.45) is 1.56. The number of aryl methyl sites for hydroxylation is 1. The molecule has 0 spiro atoms. The molecular weight excluding hydrogens is 308 g/mol. The van der Waals surface area contributed by atoms with E-state index in [0.29, 0.717) is 34.4 Å². The average molecular weight is 324 g/mol. The first kappa shape index (κ1) is 15.5. The molecule has 0 aliphatic carbocycles. The first-order valence-corrected chi connectivity index (χ1v) is 7.26. The van der Waals surface area contributed by atoms with Gasteiger partial charge in [-0.3, -0.25) is 4.79 Å². The van der Waals surface area contributed by atoms with Crippen LogP contribution in [0.3, 0.4) is 0 Å². The standard InChI is InChI=1S/C17H16N4O3/c1-11-9-16(21-24-11)19-12-7-8-14(18-10-12)17(22)20-13-5-3-4-6-15(13)23-2/h3-10H,1-2H3,(H,19,21)(H,20,22). The topological polar surface area (TPSA) is 89.3 Å². The number of para-hydroxylation sites is 2. The van der Waals surface area contributed by atoms with Gasteiger partial charge in [-0.25, -0.2) is 4.98 Å². The van der Waals surface area contributed by atoms with Crippen molar-refractivity contribution in [2.75, 3.05) is 17.7 Å². The number of aromatic nitrogens is 2. The number of carbonyl (C=O) groups is 1. The van der Waals surface area contributed by atoms with Crippen LogP contribution in [-0.2, 0) is 0 Å². The van der Waals surface area contributed by atoms with Gasteiger partial charge in [0.15, 0.2) is 5.82 Å². The van der Waals surface area contributed by atoms with Crippen molar-refractivity contribution < 1.29 is 14.1 Å². The van der Waals surface area contributed by atoms with Gasteiger partial charge in [0, 0.05) is 6.07 Å². The van der Waals surface area contributed by atoms with Crippen molar-refractivity contribution >= 4 is 23.1 Å². The van der Waals surface area contributed by atoms with Crippen molar-refractivity contribution in [3.63, 3.8) is 0 Å². The zero-order chi connectivity index (χ0) is 16.9. The first-order chi connectivity index (χ1) is 11.7. The van der Waals surface area contributed by atoms with Crippen LogP contribution in [-0.4, -0.2) is 23.2 Å². The molecule has 3 aromatic rings. The van der Waals surface area contributed by atoms with Gasteiger partial charge in [0.05, 0.1) is 24.7 Å². The SMILES string of the molecule is COc1ccccc1NC(=O)c1ccc(Nc2cc(C)on2)cn1. The van der Waals surface area contributed by atoms with Crippen LogP contribution >= 0.6 is 0 Å². The zero-order valence-corrected chi connectivity index (χ0v) is 13.2. The number of pyridine rings is 1. The summed E-state index contributed by atoms with van der Waals surface area (Å²) in [6.45, 7) is 1.81. The van der Waals surface area contributed by atoms with Gasteiger partial charge in [-0.15, -0.1) is 0 Å². The van der Waals surface area contributed by atoms with E-state index in [0.717, 1.165) is 0 Å². The third-order valence-electron chi connectivity index (χ3n) is 3.25. The quantitative estimate of drug-likeness (QED) is 0.748. The number of rotatable bonds is 5. The van der Waals surface area contributed by atoms with Crippen molar-refractivity contribution in [2.24, 2.45) is 0 Å². The Hall–Kier alpha value is -3.35. The van der Waals surface area contributed by atoms with E-state index in [4.69, 9.17) is 9.26 Å². The van der Waals surface area contributed by atoms with Crippen LogP contribution in [0.2, 0.25) is 0 Å². The van der Waals surface area contributed by atoms with Crippen molar-refractivity contribution in [3.8, 4) is 5.75 Å². The fourth-order valence-corrected chi connectivity index (χ4v) is 2.11. The Kier molecular flexibility index (Phi) is 4.42. The fraction of sp³-hybridized carbons (Fsp3) is 0.118. The number of hydrogen-bond acceptors (Lipinski definition) is 6. The maximum absolute atomic E-state index is 12.3. The number of carbonyl (C=O) groups excluding carboxylic acids is 1. The summed E-state index contributed by atoms with van der Waals surface area (Å²) in [5.74, 6) is 1.56. The minimum absolute atomic E-state index is 0.294. The molecule has 0 atom stereocenters. The lowest BCUT2D eigenvalue weighted by Crippen LogP contribution is -2.14. The summed E-state index contributed by atoms with van der Waals surface area (Å²) in [6, 6.07) is 12.3. The molecule has 2 aromatic heterocycles. The normalized spacial score (nSPS) is 10.2. The van der Waals surface area contributed by atoms with E-state index in [1.54, 1.807) is 43.6 Å². The smallest absolute Gasteiger partial charge is 0.274 e. The Morgan fingerprint density at radius 1 is 1.21 bits per heavy atom. The van der Waals surface area contributed by atoms with Gasteiger partial charge in [-0.05, 0) is 31.2 Å². The van der Waals surface area contributed by atoms with Gasteiger partial charge in [-0.2, -0.15) is 0 Å². The lowest BCUT2D eigenvalue weighted by molar-refractivity contribution is 0.102. The molecule has 0 fully saturated rings. The molecule has 0 saturated heterocycles. The average Bonchev–Trinajstić information content (AvgIpc) is 3.01. The lowest BCUT2D eigenvalue weighted by Gasteiger charge is -2.09. The zero-order valence-electron chi connectivity index (χ0n) is 13.2. The Morgan fingerprint density at radius 3 is 2.71 bits per heavy atom. The monoisotopic (exact) mass is 324 g/mol. The van der Waals surface area contributed by atoms with Gasteiger partial charge in [-0.1, -0.05) is 17.3 Å². The van der Waals surface area contributed by atoms with E-state index in [-0.39, 0.29) is 5.91 Å². The van der Waals surface area contributed by atoms with Gasteiger partial charge in [0.25, 0.3) is 5.91 Å². The third-order valence-corrected chi connectivity index (χ3v) is 3.25. The van der Waals surface area contributed by atoms with Gasteiger partial charge >= 0.3 is 0 Å². The van der Waals surface area contributed by atoms with Crippen LogP contribution in [0.25, 0.3) is 0 Å². The second kappa shape index (κ2) is 6.82. The molecule has 0 aliphatic heterocycles. The van der Waals surface area contributed by atoms with E-state index in [9.17, 15) is 4.79 Å². The summed E-state index contributed by atoms with van der Waals surface area (Å²) in [5, 5.41) is 9.65. The highest BCUT2D eigenvalue weighted by Gasteiger charge is 2.11. The van der Waals surface area contributed by atoms with Crippen LogP contribution in [0.5, 0.6) is 5.75 Å². The highest BCUT2D eigenvalue weighted by atomic mass is 16.5. The van der Waals surface area contributed by atoms with E-state index in [1.165, 1.54) is 0 Å². The summed E-state index contributed by atoms with van der Waals surface area (Å²) in [4.78, 5) is 16.4. The number of ether oxygens (including phenoxy) is 1. The first-order valence-electron chi connectivity index (χ1n) is 7.26. The predicted molar refractivity (Wildman–Crippen MR) is 89.7 cm³/mol. The van der Waals surface area contributed by atoms with E-state index < -0.39 is 0 Å². The number of methoxy groups -OCH3 is 1. The Balaban J connectivity index is 1.69. The second-order valence-electron chi connectivity index (χ2n) is 5.03. The number of anilines is 3. The van der Waals surface area contributed by atoms with Crippen molar-refractivity contribution in [1.29, 1.82) is 0 Å². The van der Waals surface area contributed by atoms with Crippen molar-refractivity contribution in [2.45, 2.75) is 6.92 Å². The predicted octanol–water partition coefficient (Wildman–Crippen LogP) is 3.38. The molecule has 3 rings (SSSR count). The van der Waals surface area contributed by atoms with Crippen LogP contribution < -0.4 is 15.4 Å². The molecule has 2 N–H and O–H groups in total. The minimum atomic E-state index is -0.316. The number of nitrogens with zero attached hydrogens (tertiary/aromatic N) is 2. The lowest BCUT2D eigenvalue weighted by atomic mass is 10.2. The third kappa shape index (κ3) is 3.52. The Labute approximate surface area is 138 Å². The molecule has 24 heavy (non-hydrogen) atoms. The van der Waals surface area contributed by atoms with Gasteiger partial charge < -0.3 is 19.9 Å². The van der Waals surface area contributed by atoms with Gasteiger partial charge in [0.2, 0.25) is 0 Å². The number of amides is 1. The Morgan fingerprint density at radius 2 is 2.04 bits per heavy atom. The molecule has 0 bridgehead atoms. The summed E-state index contributed by atoms with van der Waals surface area (Å²) in [5.41, 5.74) is 1.59. The molecule has 0 saturated carbocycles. The number of hydrogen-bond donors (Lipinski definition) is 2. The molecule has 0 radical (unpaired) electrons. The van der Waals surface area contributed by atoms with E-state index >= 15 is 0 Å². The molecule has 2 heterocycles. The van der Waals surface area contributed by atoms with Crippen molar-refractivity contribution in [1.82, 2.24) is 10.1 Å². The molecule has 1 aromatic carbocycles. The Bertz CT molecular complexity index is 843. The molecule has 7 nitrogen and oxygen atoms in total. The fourth-order valence-electron chi connectivity index (χ4n) is 2.11. The van der Waals surface area contributed by atoms with E-state index in [2.05, 4.69) is 20.8 Å². The maximum atomic E-state index is 12.3. The summed E-state index contributed by atoms with van der Waals surface area (Å²) < 4.78 is 10.2. The molecule has 0 aliphatic rings. The van der Waals surface area contributed by atoms with Crippen LogP contribution in [0.1, 0.15) is 16.2 Å². The number of benzene rings is 1. The van der Waals surface area contributed by atoms with Crippen LogP contribution in [0, 0.1) is 6.92 Å².